The highest BCUT2D eigenvalue weighted by Crippen LogP contribution is 2.39. The van der Waals surface area contributed by atoms with Gasteiger partial charge < -0.3 is 9.64 Å². The van der Waals surface area contributed by atoms with Crippen molar-refractivity contribution in [2.24, 2.45) is 0 Å². The van der Waals surface area contributed by atoms with Gasteiger partial charge in [0.15, 0.2) is 0 Å². The normalized spacial score (nSPS) is 16.5. The van der Waals surface area contributed by atoms with E-state index in [4.69, 9.17) is 4.74 Å². The zero-order valence-electron chi connectivity index (χ0n) is 15.2. The molecule has 0 bridgehead atoms. The molecule has 0 N–H and O–H groups in total. The van der Waals surface area contributed by atoms with Gasteiger partial charge in [0.05, 0.1) is 7.11 Å². The van der Waals surface area contributed by atoms with Crippen LogP contribution in [0.1, 0.15) is 43.7 Å². The zero-order chi connectivity index (χ0) is 17.7. The van der Waals surface area contributed by atoms with Crippen LogP contribution in [-0.2, 0) is 11.2 Å². The third-order valence-electron chi connectivity index (χ3n) is 4.72. The van der Waals surface area contributed by atoms with E-state index >= 15 is 0 Å². The lowest BCUT2D eigenvalue weighted by Gasteiger charge is -2.19. The number of hydrogen-bond acceptors (Lipinski definition) is 3. The molecular formula is C20H28N2O2. The molecule has 0 radical (unpaired) electrons. The van der Waals surface area contributed by atoms with Crippen LogP contribution in [0.4, 0.5) is 10.5 Å². The summed E-state index contributed by atoms with van der Waals surface area (Å²) >= 11 is 0. The lowest BCUT2D eigenvalue weighted by molar-refractivity contribution is 0.180. The van der Waals surface area contributed by atoms with Crippen LogP contribution in [0.5, 0.6) is 0 Å². The standard InChI is InChI=1S/C20H28N2O2/c1-6-22(7-2)14-15(3)12-17-9-8-16-10-11-18(13-19(16)17)21(4)20(23)24-5/h6,10-11,13-14,17H,1,7-9,12H2,2-5H3/b15-14+. The van der Waals surface area contributed by atoms with Gasteiger partial charge in [-0.05, 0) is 68.5 Å². The molecule has 0 aliphatic heterocycles. The van der Waals surface area contributed by atoms with Crippen molar-refractivity contribution >= 4 is 11.8 Å². The third-order valence-corrected chi connectivity index (χ3v) is 4.72. The minimum absolute atomic E-state index is 0.342. The van der Waals surface area contributed by atoms with Crippen molar-refractivity contribution < 1.29 is 9.53 Å². The summed E-state index contributed by atoms with van der Waals surface area (Å²) < 4.78 is 4.81. The van der Waals surface area contributed by atoms with Gasteiger partial charge in [-0.25, -0.2) is 4.79 Å². The summed E-state index contributed by atoms with van der Waals surface area (Å²) in [4.78, 5) is 15.4. The Balaban J connectivity index is 2.18. The number of carbonyl (C=O) groups is 1. The molecule has 1 aromatic rings. The first-order chi connectivity index (χ1) is 11.5. The molecule has 0 heterocycles. The first kappa shape index (κ1) is 18.1. The van der Waals surface area contributed by atoms with E-state index in [2.05, 4.69) is 43.7 Å². The number of carbonyl (C=O) groups excluding carboxylic acids is 1. The summed E-state index contributed by atoms with van der Waals surface area (Å²) in [7, 11) is 3.15. The molecule has 130 valence electrons. The van der Waals surface area contributed by atoms with Gasteiger partial charge in [-0.3, -0.25) is 4.90 Å². The SMILES string of the molecule is C=CN(/C=C(\C)CC1CCc2ccc(N(C)C(=O)OC)cc21)CC. The number of hydrogen-bond donors (Lipinski definition) is 0. The van der Waals surface area contributed by atoms with Gasteiger partial charge in [0, 0.05) is 25.5 Å². The van der Waals surface area contributed by atoms with Gasteiger partial charge in [-0.15, -0.1) is 0 Å². The molecule has 24 heavy (non-hydrogen) atoms. The van der Waals surface area contributed by atoms with Gasteiger partial charge in [-0.2, -0.15) is 0 Å². The van der Waals surface area contributed by atoms with Crippen molar-refractivity contribution in [3.05, 3.63) is 53.9 Å². The fraction of sp³-hybridized carbons (Fsp3) is 0.450. The first-order valence-electron chi connectivity index (χ1n) is 8.50. The van der Waals surface area contributed by atoms with Crippen molar-refractivity contribution in [1.29, 1.82) is 0 Å². The van der Waals surface area contributed by atoms with Gasteiger partial charge in [-0.1, -0.05) is 18.2 Å². The van der Waals surface area contributed by atoms with E-state index in [0.717, 1.165) is 31.5 Å². The molecule has 4 heteroatoms. The number of nitrogens with zero attached hydrogens (tertiary/aromatic N) is 2. The number of anilines is 1. The Labute approximate surface area is 145 Å². The average Bonchev–Trinajstić information content (AvgIpc) is 3.00. The second kappa shape index (κ2) is 8.04. The van der Waals surface area contributed by atoms with E-state index in [1.807, 2.05) is 12.3 Å². The van der Waals surface area contributed by atoms with E-state index in [9.17, 15) is 4.79 Å². The Morgan fingerprint density at radius 3 is 2.83 bits per heavy atom. The van der Waals surface area contributed by atoms with E-state index in [-0.39, 0.29) is 6.09 Å². The maximum absolute atomic E-state index is 11.7. The van der Waals surface area contributed by atoms with Crippen LogP contribution in [-0.4, -0.2) is 31.7 Å². The van der Waals surface area contributed by atoms with Crippen LogP contribution in [0, 0.1) is 0 Å². The van der Waals surface area contributed by atoms with Gasteiger partial charge >= 0.3 is 6.09 Å². The number of allylic oxidation sites excluding steroid dienone is 1. The molecule has 1 amide bonds. The van der Waals surface area contributed by atoms with E-state index in [0.29, 0.717) is 5.92 Å². The number of fused-ring (bicyclic) bond motifs is 1. The molecule has 0 saturated heterocycles. The summed E-state index contributed by atoms with van der Waals surface area (Å²) in [6.45, 7) is 9.06. The Hall–Kier alpha value is -2.23. The number of methoxy groups -OCH3 is 1. The predicted molar refractivity (Wildman–Crippen MR) is 99.3 cm³/mol. The molecule has 1 aromatic carbocycles. The largest absolute Gasteiger partial charge is 0.452 e. The fourth-order valence-corrected chi connectivity index (χ4v) is 3.34. The minimum Gasteiger partial charge on any atom is -0.452 e. The van der Waals surface area contributed by atoms with Gasteiger partial charge in [0.1, 0.15) is 0 Å². The second-order valence-corrected chi connectivity index (χ2v) is 6.34. The summed E-state index contributed by atoms with van der Waals surface area (Å²) in [5.74, 6) is 0.505. The van der Waals surface area contributed by atoms with Crippen LogP contribution in [0.3, 0.4) is 0 Å². The second-order valence-electron chi connectivity index (χ2n) is 6.34. The highest BCUT2D eigenvalue weighted by Gasteiger charge is 2.24. The molecule has 1 aliphatic rings. The van der Waals surface area contributed by atoms with Gasteiger partial charge in [0.25, 0.3) is 0 Å². The smallest absolute Gasteiger partial charge is 0.413 e. The number of ether oxygens (including phenoxy) is 1. The van der Waals surface area contributed by atoms with E-state index < -0.39 is 0 Å². The van der Waals surface area contributed by atoms with Crippen LogP contribution in [0.2, 0.25) is 0 Å². The summed E-state index contributed by atoms with van der Waals surface area (Å²) in [6.07, 6.45) is 6.99. The molecule has 1 atom stereocenters. The average molecular weight is 328 g/mol. The molecule has 0 fully saturated rings. The third kappa shape index (κ3) is 3.99. The molecule has 4 nitrogen and oxygen atoms in total. The quantitative estimate of drug-likeness (QED) is 0.760. The Morgan fingerprint density at radius 1 is 1.46 bits per heavy atom. The van der Waals surface area contributed by atoms with Crippen LogP contribution >= 0.6 is 0 Å². The minimum atomic E-state index is -0.342. The summed E-state index contributed by atoms with van der Waals surface area (Å²) in [5, 5.41) is 0. The van der Waals surface area contributed by atoms with Crippen LogP contribution < -0.4 is 4.90 Å². The topological polar surface area (TPSA) is 32.8 Å². The monoisotopic (exact) mass is 328 g/mol. The summed E-state index contributed by atoms with van der Waals surface area (Å²) in [6, 6.07) is 6.28. The number of rotatable bonds is 6. The molecule has 1 aliphatic carbocycles. The number of aryl methyl sites for hydroxylation is 1. The van der Waals surface area contributed by atoms with Crippen molar-refractivity contribution in [2.75, 3.05) is 25.6 Å². The van der Waals surface area contributed by atoms with Crippen molar-refractivity contribution in [2.45, 2.75) is 39.0 Å². The lowest BCUT2D eigenvalue weighted by atomic mass is 9.94. The summed E-state index contributed by atoms with van der Waals surface area (Å²) in [5.41, 5.74) is 4.99. The Kier molecular flexibility index (Phi) is 6.07. The fourth-order valence-electron chi connectivity index (χ4n) is 3.34. The van der Waals surface area contributed by atoms with Crippen LogP contribution in [0.25, 0.3) is 0 Å². The maximum atomic E-state index is 11.7. The number of amides is 1. The van der Waals surface area contributed by atoms with Crippen molar-refractivity contribution in [1.82, 2.24) is 4.90 Å². The highest BCUT2D eigenvalue weighted by molar-refractivity contribution is 5.87. The number of benzene rings is 1. The van der Waals surface area contributed by atoms with E-state index in [1.165, 1.54) is 23.8 Å². The molecule has 1 unspecified atom stereocenters. The highest BCUT2D eigenvalue weighted by atomic mass is 16.5. The predicted octanol–water partition coefficient (Wildman–Crippen LogP) is 4.68. The first-order valence-corrected chi connectivity index (χ1v) is 8.50. The molecular weight excluding hydrogens is 300 g/mol. The van der Waals surface area contributed by atoms with Gasteiger partial charge in [0.2, 0.25) is 0 Å². The lowest BCUT2D eigenvalue weighted by Crippen LogP contribution is -2.25. The maximum Gasteiger partial charge on any atom is 0.413 e. The molecule has 2 rings (SSSR count). The Morgan fingerprint density at radius 2 is 2.21 bits per heavy atom. The van der Waals surface area contributed by atoms with Crippen LogP contribution in [0.15, 0.2) is 42.8 Å². The molecule has 0 saturated carbocycles. The van der Waals surface area contributed by atoms with Crippen molar-refractivity contribution in [3.63, 3.8) is 0 Å². The zero-order valence-corrected chi connectivity index (χ0v) is 15.2. The van der Waals surface area contributed by atoms with Crippen molar-refractivity contribution in [3.8, 4) is 0 Å². The molecule has 0 spiro atoms. The molecule has 0 aromatic heterocycles. The van der Waals surface area contributed by atoms with E-state index in [1.54, 1.807) is 11.9 Å². The Bertz CT molecular complexity index is 637.